The first kappa shape index (κ1) is 28.9. The number of halogens is 1. The van der Waals surface area contributed by atoms with Gasteiger partial charge in [-0.05, 0) is 60.9 Å². The summed E-state index contributed by atoms with van der Waals surface area (Å²) in [6.07, 6.45) is 1.36. The molecule has 5 aromatic carbocycles. The number of fused-ring (bicyclic) bond motifs is 2. The van der Waals surface area contributed by atoms with E-state index in [1.807, 2.05) is 66.7 Å². The molecule has 0 bridgehead atoms. The lowest BCUT2D eigenvalue weighted by atomic mass is 10.0. The van der Waals surface area contributed by atoms with E-state index in [1.165, 1.54) is 6.07 Å². The number of nitrogens with zero attached hydrogens (tertiary/aromatic N) is 4. The highest BCUT2D eigenvalue weighted by atomic mass is 19.1. The highest BCUT2D eigenvalue weighted by molar-refractivity contribution is 5.77. The average molecular weight is 603 g/mol. The molecule has 0 saturated heterocycles. The number of nitro benzene ring substituents is 2. The quantitative estimate of drug-likeness (QED) is 0.130. The van der Waals surface area contributed by atoms with Crippen LogP contribution < -0.4 is 0 Å². The van der Waals surface area contributed by atoms with Crippen LogP contribution in [-0.4, -0.2) is 19.8 Å². The molecule has 45 heavy (non-hydrogen) atoms. The Balaban J connectivity index is 0.000000167. The van der Waals surface area contributed by atoms with Crippen molar-refractivity contribution in [1.82, 2.24) is 9.97 Å². The molecule has 0 aliphatic rings. The van der Waals surface area contributed by atoms with Gasteiger partial charge in [0.25, 0.3) is 5.69 Å². The molecule has 2 aromatic heterocycles. The fourth-order valence-electron chi connectivity index (χ4n) is 4.78. The lowest BCUT2D eigenvalue weighted by Gasteiger charge is -2.05. The third kappa shape index (κ3) is 6.42. The van der Waals surface area contributed by atoms with Crippen molar-refractivity contribution in [2.24, 2.45) is 0 Å². The summed E-state index contributed by atoms with van der Waals surface area (Å²) >= 11 is 0. The van der Waals surface area contributed by atoms with Crippen LogP contribution in [0.1, 0.15) is 11.1 Å². The predicted molar refractivity (Wildman–Crippen MR) is 166 cm³/mol. The van der Waals surface area contributed by atoms with Crippen LogP contribution in [0.4, 0.5) is 15.8 Å². The van der Waals surface area contributed by atoms with Crippen LogP contribution in [0.15, 0.2) is 124 Å². The number of rotatable bonds is 7. The third-order valence-corrected chi connectivity index (χ3v) is 7.03. The Kier molecular flexibility index (Phi) is 8.06. The fraction of sp³-hybridized carbons (Fsp3) is 0.0588. The molecule has 0 fully saturated rings. The molecule has 7 rings (SSSR count). The number of aryl methyl sites for hydroxylation is 2. The van der Waals surface area contributed by atoms with Crippen LogP contribution in [0.2, 0.25) is 0 Å². The normalized spacial score (nSPS) is 10.9. The van der Waals surface area contributed by atoms with E-state index in [-0.39, 0.29) is 16.5 Å². The number of hydrogen-bond donors (Lipinski definition) is 0. The van der Waals surface area contributed by atoms with Crippen molar-refractivity contribution >= 4 is 33.6 Å². The molecule has 2 heterocycles. The molecule has 0 N–H and O–H groups in total. The zero-order valence-electron chi connectivity index (χ0n) is 23.5. The monoisotopic (exact) mass is 602 g/mol. The third-order valence-electron chi connectivity index (χ3n) is 7.03. The Morgan fingerprint density at radius 1 is 0.600 bits per heavy atom. The van der Waals surface area contributed by atoms with Crippen LogP contribution in [0.25, 0.3) is 45.1 Å². The molecule has 10 nitrogen and oxygen atoms in total. The largest absolute Gasteiger partial charge is 0.436 e. The first-order valence-corrected chi connectivity index (χ1v) is 13.8. The number of oxazole rings is 2. The van der Waals surface area contributed by atoms with Crippen LogP contribution in [0.5, 0.6) is 0 Å². The first-order valence-electron chi connectivity index (χ1n) is 13.8. The number of aromatic nitrogens is 2. The Hall–Kier alpha value is -6.23. The summed E-state index contributed by atoms with van der Waals surface area (Å²) in [5.74, 6) is -0.266. The van der Waals surface area contributed by atoms with E-state index in [1.54, 1.807) is 30.3 Å². The molecular weight excluding hydrogens is 579 g/mol. The van der Waals surface area contributed by atoms with Gasteiger partial charge in [0, 0.05) is 28.8 Å². The summed E-state index contributed by atoms with van der Waals surface area (Å²) in [4.78, 5) is 29.7. The second-order valence-electron chi connectivity index (χ2n) is 9.98. The van der Waals surface area contributed by atoms with Crippen LogP contribution in [-0.2, 0) is 12.8 Å². The zero-order valence-corrected chi connectivity index (χ0v) is 23.5. The van der Waals surface area contributed by atoms with Gasteiger partial charge in [0.15, 0.2) is 11.2 Å². The van der Waals surface area contributed by atoms with Crippen molar-refractivity contribution < 1.29 is 23.1 Å². The lowest BCUT2D eigenvalue weighted by Crippen LogP contribution is -1.98. The van der Waals surface area contributed by atoms with E-state index in [9.17, 15) is 24.6 Å². The van der Waals surface area contributed by atoms with Gasteiger partial charge in [-0.3, -0.25) is 20.2 Å². The molecule has 0 atom stereocenters. The van der Waals surface area contributed by atoms with Crippen molar-refractivity contribution in [2.45, 2.75) is 12.8 Å². The topological polar surface area (TPSA) is 138 Å². The van der Waals surface area contributed by atoms with Gasteiger partial charge < -0.3 is 8.83 Å². The maximum atomic E-state index is 13.2. The minimum absolute atomic E-state index is 0.0979. The van der Waals surface area contributed by atoms with Crippen LogP contribution in [0.3, 0.4) is 0 Å². The molecule has 222 valence electrons. The van der Waals surface area contributed by atoms with Crippen LogP contribution in [0, 0.1) is 26.0 Å². The molecule has 0 aliphatic carbocycles. The van der Waals surface area contributed by atoms with E-state index in [4.69, 9.17) is 8.83 Å². The van der Waals surface area contributed by atoms with E-state index in [2.05, 4.69) is 9.97 Å². The van der Waals surface area contributed by atoms with Gasteiger partial charge >= 0.3 is 5.69 Å². The van der Waals surface area contributed by atoms with E-state index < -0.39 is 16.4 Å². The summed E-state index contributed by atoms with van der Waals surface area (Å²) in [6, 6.07) is 33.2. The zero-order chi connectivity index (χ0) is 31.3. The number of hydrogen-bond acceptors (Lipinski definition) is 8. The Morgan fingerprint density at radius 3 is 1.67 bits per heavy atom. The molecule has 7 aromatic rings. The van der Waals surface area contributed by atoms with Crippen molar-refractivity contribution in [2.75, 3.05) is 0 Å². The minimum Gasteiger partial charge on any atom is -0.436 e. The molecule has 0 spiro atoms. The second-order valence-corrected chi connectivity index (χ2v) is 9.98. The van der Waals surface area contributed by atoms with Gasteiger partial charge in [-0.15, -0.1) is 0 Å². The summed E-state index contributed by atoms with van der Waals surface area (Å²) in [5, 5.41) is 22.2. The molecule has 0 unspecified atom stereocenters. The van der Waals surface area contributed by atoms with Gasteiger partial charge in [-0.1, -0.05) is 60.7 Å². The summed E-state index contributed by atoms with van der Waals surface area (Å²) in [7, 11) is 0. The first-order chi connectivity index (χ1) is 21.9. The fourth-order valence-corrected chi connectivity index (χ4v) is 4.78. The predicted octanol–water partition coefficient (Wildman–Crippen LogP) is 8.73. The second kappa shape index (κ2) is 12.6. The molecule has 0 aliphatic heterocycles. The average Bonchev–Trinajstić information content (AvgIpc) is 3.69. The van der Waals surface area contributed by atoms with Gasteiger partial charge in [0.05, 0.1) is 9.85 Å². The number of nitro groups is 2. The summed E-state index contributed by atoms with van der Waals surface area (Å²) in [5.41, 5.74) is 4.95. The SMILES string of the molecule is O=[N+]([O-])c1cc(-c2nc3ccccc3o2)ccc1CCc1ccccc1.O=[N+]([O-])c1cc(-c2nc3ccccc3o2)ccc1F. The van der Waals surface area contributed by atoms with Crippen molar-refractivity contribution in [3.8, 4) is 22.9 Å². The molecular formula is C34H23FN4O6. The molecule has 0 amide bonds. The molecule has 0 radical (unpaired) electrons. The summed E-state index contributed by atoms with van der Waals surface area (Å²) in [6.45, 7) is 0. The number of para-hydroxylation sites is 4. The van der Waals surface area contributed by atoms with E-state index in [0.29, 0.717) is 45.7 Å². The van der Waals surface area contributed by atoms with Gasteiger partial charge in [0.2, 0.25) is 17.6 Å². The van der Waals surface area contributed by atoms with Crippen molar-refractivity contribution in [1.29, 1.82) is 0 Å². The van der Waals surface area contributed by atoms with Gasteiger partial charge in [-0.2, -0.15) is 4.39 Å². The lowest BCUT2D eigenvalue weighted by molar-refractivity contribution is -0.387. The number of benzene rings is 5. The van der Waals surface area contributed by atoms with Crippen molar-refractivity contribution in [3.63, 3.8) is 0 Å². The van der Waals surface area contributed by atoms with Crippen molar-refractivity contribution in [3.05, 3.63) is 152 Å². The smallest absolute Gasteiger partial charge is 0.305 e. The van der Waals surface area contributed by atoms with E-state index in [0.717, 1.165) is 29.6 Å². The summed E-state index contributed by atoms with van der Waals surface area (Å²) < 4.78 is 24.4. The van der Waals surface area contributed by atoms with Gasteiger partial charge in [-0.25, -0.2) is 9.97 Å². The van der Waals surface area contributed by atoms with Gasteiger partial charge in [0.1, 0.15) is 11.0 Å². The standard InChI is InChI=1S/C21H16N2O3.C13H7FN2O3/c24-23(25)19-14-17(21-22-18-8-4-5-9-20(18)26-21)13-12-16(19)11-10-15-6-2-1-3-7-15;14-9-6-5-8(7-11(9)16(17)18)13-15-10-3-1-2-4-12(10)19-13/h1-9,12-14H,10-11H2;1-7H. The maximum absolute atomic E-state index is 13.2. The Labute approximate surface area is 254 Å². The maximum Gasteiger partial charge on any atom is 0.305 e. The Bertz CT molecular complexity index is 2090. The Morgan fingerprint density at radius 2 is 1.11 bits per heavy atom. The highest BCUT2D eigenvalue weighted by Gasteiger charge is 2.19. The molecule has 11 heteroatoms. The molecule has 0 saturated carbocycles. The minimum atomic E-state index is -0.884. The van der Waals surface area contributed by atoms with E-state index >= 15 is 0 Å². The van der Waals surface area contributed by atoms with Crippen LogP contribution >= 0.6 is 0 Å². The highest BCUT2D eigenvalue weighted by Crippen LogP contribution is 2.31.